The maximum atomic E-state index is 12.2. The molecule has 6 heteroatoms. The van der Waals surface area contributed by atoms with E-state index in [-0.39, 0.29) is 18.7 Å². The number of aliphatic hydroxyl groups is 1. The van der Waals surface area contributed by atoms with Gasteiger partial charge < -0.3 is 10.4 Å². The van der Waals surface area contributed by atoms with Crippen LogP contribution < -0.4 is 5.32 Å². The number of likely N-dealkylation sites (tertiary alicyclic amines) is 1. The van der Waals surface area contributed by atoms with Crippen LogP contribution >= 0.6 is 0 Å². The normalized spacial score (nSPS) is 21.5. The van der Waals surface area contributed by atoms with Gasteiger partial charge in [0.05, 0.1) is 13.2 Å². The Labute approximate surface area is 106 Å². The fraction of sp³-hybridized carbons (Fsp3) is 1.00. The van der Waals surface area contributed by atoms with Gasteiger partial charge in [0, 0.05) is 12.1 Å². The third-order valence-electron chi connectivity index (χ3n) is 3.44. The number of hydrogen-bond acceptors (Lipinski definition) is 3. The minimum atomic E-state index is -4.11. The molecule has 0 bridgehead atoms. The summed E-state index contributed by atoms with van der Waals surface area (Å²) in [7, 11) is 0. The predicted octanol–water partition coefficient (Wildman–Crippen LogP) is 1.62. The maximum absolute atomic E-state index is 12.2. The van der Waals surface area contributed by atoms with E-state index in [1.165, 1.54) is 4.90 Å². The molecule has 0 radical (unpaired) electrons. The van der Waals surface area contributed by atoms with Gasteiger partial charge in [0.2, 0.25) is 0 Å². The molecule has 3 nitrogen and oxygen atoms in total. The van der Waals surface area contributed by atoms with E-state index >= 15 is 0 Å². The number of nitrogens with zero attached hydrogens (tertiary/aromatic N) is 1. The summed E-state index contributed by atoms with van der Waals surface area (Å²) in [6.45, 7) is 4.23. The van der Waals surface area contributed by atoms with Crippen LogP contribution in [-0.4, -0.2) is 54.5 Å². The van der Waals surface area contributed by atoms with Crippen molar-refractivity contribution in [1.82, 2.24) is 10.2 Å². The van der Waals surface area contributed by atoms with Crippen molar-refractivity contribution in [3.05, 3.63) is 0 Å². The lowest BCUT2D eigenvalue weighted by Gasteiger charge is -2.35. The van der Waals surface area contributed by atoms with Crippen LogP contribution in [0.4, 0.5) is 13.2 Å². The van der Waals surface area contributed by atoms with Crippen molar-refractivity contribution in [3.63, 3.8) is 0 Å². The number of halogens is 3. The smallest absolute Gasteiger partial charge is 0.395 e. The molecule has 108 valence electrons. The molecule has 18 heavy (non-hydrogen) atoms. The molecule has 0 unspecified atom stereocenters. The molecule has 0 aromatic carbocycles. The van der Waals surface area contributed by atoms with Crippen molar-refractivity contribution in [2.45, 2.75) is 44.9 Å². The van der Waals surface area contributed by atoms with E-state index in [4.69, 9.17) is 0 Å². The molecule has 0 aromatic rings. The largest absolute Gasteiger partial charge is 0.401 e. The number of rotatable bonds is 5. The highest BCUT2D eigenvalue weighted by atomic mass is 19.4. The first-order valence-corrected chi connectivity index (χ1v) is 6.48. The molecule has 1 aliphatic heterocycles. The zero-order chi connectivity index (χ0) is 13.8. The van der Waals surface area contributed by atoms with Crippen molar-refractivity contribution in [2.75, 3.05) is 26.2 Å². The van der Waals surface area contributed by atoms with Gasteiger partial charge in [-0.05, 0) is 31.8 Å². The van der Waals surface area contributed by atoms with Crippen LogP contribution in [0.3, 0.4) is 0 Å². The van der Waals surface area contributed by atoms with E-state index in [0.29, 0.717) is 31.8 Å². The van der Waals surface area contributed by atoms with Gasteiger partial charge in [0.25, 0.3) is 0 Å². The van der Waals surface area contributed by atoms with Crippen LogP contribution in [0.2, 0.25) is 0 Å². The van der Waals surface area contributed by atoms with Gasteiger partial charge in [-0.2, -0.15) is 13.2 Å². The molecule has 0 spiro atoms. The topological polar surface area (TPSA) is 35.5 Å². The monoisotopic (exact) mass is 268 g/mol. The third kappa shape index (κ3) is 5.54. The van der Waals surface area contributed by atoms with Crippen LogP contribution in [-0.2, 0) is 0 Å². The minimum absolute atomic E-state index is 0.0316. The van der Waals surface area contributed by atoms with Crippen LogP contribution in [0.5, 0.6) is 0 Å². The molecule has 1 heterocycles. The highest BCUT2D eigenvalue weighted by molar-refractivity contribution is 4.82. The molecule has 1 rings (SSSR count). The van der Waals surface area contributed by atoms with Gasteiger partial charge in [-0.3, -0.25) is 4.90 Å². The Hall–Kier alpha value is -0.330. The summed E-state index contributed by atoms with van der Waals surface area (Å²) in [6, 6.07) is 0.248. The van der Waals surface area contributed by atoms with Crippen molar-refractivity contribution < 1.29 is 18.3 Å². The predicted molar refractivity (Wildman–Crippen MR) is 64.4 cm³/mol. The second-order valence-electron chi connectivity index (χ2n) is 5.37. The van der Waals surface area contributed by atoms with Gasteiger partial charge in [-0.15, -0.1) is 0 Å². The lowest BCUT2D eigenvalue weighted by molar-refractivity contribution is -0.148. The van der Waals surface area contributed by atoms with Crippen LogP contribution in [0.25, 0.3) is 0 Å². The average Bonchev–Trinajstić information content (AvgIpc) is 2.25. The molecule has 0 aromatic heterocycles. The van der Waals surface area contributed by atoms with Crippen LogP contribution in [0.15, 0.2) is 0 Å². The minimum Gasteiger partial charge on any atom is -0.395 e. The summed E-state index contributed by atoms with van der Waals surface area (Å²) in [4.78, 5) is 1.45. The lowest BCUT2D eigenvalue weighted by Crippen LogP contribution is -2.50. The van der Waals surface area contributed by atoms with E-state index in [2.05, 4.69) is 5.32 Å². The molecular weight excluding hydrogens is 245 g/mol. The van der Waals surface area contributed by atoms with Crippen molar-refractivity contribution in [1.29, 1.82) is 0 Å². The average molecular weight is 268 g/mol. The quantitative estimate of drug-likeness (QED) is 0.795. The highest BCUT2D eigenvalue weighted by Gasteiger charge is 2.32. The second kappa shape index (κ2) is 6.73. The molecule has 1 saturated heterocycles. The summed E-state index contributed by atoms with van der Waals surface area (Å²) in [6.07, 6.45) is -2.69. The van der Waals surface area contributed by atoms with Crippen LogP contribution in [0.1, 0.15) is 26.7 Å². The van der Waals surface area contributed by atoms with E-state index in [1.807, 2.05) is 13.8 Å². The molecule has 2 N–H and O–H groups in total. The molecule has 1 aliphatic rings. The van der Waals surface area contributed by atoms with Gasteiger partial charge in [-0.25, -0.2) is 0 Å². The number of nitrogens with one attached hydrogen (secondary N) is 1. The molecule has 1 atom stereocenters. The molecule has 0 amide bonds. The van der Waals surface area contributed by atoms with E-state index in [9.17, 15) is 18.3 Å². The SMILES string of the molecule is CC(C)[C@@H](CO)NC1CCN(CC(F)(F)F)CC1. The Balaban J connectivity index is 2.31. The summed E-state index contributed by atoms with van der Waals surface area (Å²) >= 11 is 0. The van der Waals surface area contributed by atoms with Gasteiger partial charge in [-0.1, -0.05) is 13.8 Å². The summed E-state index contributed by atoms with van der Waals surface area (Å²) in [5, 5.41) is 12.5. The Morgan fingerprint density at radius 1 is 1.28 bits per heavy atom. The maximum Gasteiger partial charge on any atom is 0.401 e. The van der Waals surface area contributed by atoms with Crippen molar-refractivity contribution in [2.24, 2.45) is 5.92 Å². The summed E-state index contributed by atoms with van der Waals surface area (Å²) < 4.78 is 36.7. The molecule has 1 fully saturated rings. The second-order valence-corrected chi connectivity index (χ2v) is 5.37. The Morgan fingerprint density at radius 3 is 2.22 bits per heavy atom. The molecule has 0 saturated carbocycles. The van der Waals surface area contributed by atoms with E-state index in [1.54, 1.807) is 0 Å². The van der Waals surface area contributed by atoms with E-state index < -0.39 is 12.7 Å². The fourth-order valence-electron chi connectivity index (χ4n) is 2.27. The molecule has 0 aliphatic carbocycles. The van der Waals surface area contributed by atoms with Gasteiger partial charge in [0.15, 0.2) is 0 Å². The molecular formula is C12H23F3N2O. The Bertz CT molecular complexity index is 238. The van der Waals surface area contributed by atoms with E-state index in [0.717, 1.165) is 0 Å². The number of alkyl halides is 3. The number of hydrogen-bond donors (Lipinski definition) is 2. The van der Waals surface area contributed by atoms with Crippen molar-refractivity contribution in [3.8, 4) is 0 Å². The zero-order valence-corrected chi connectivity index (χ0v) is 11.0. The fourth-order valence-corrected chi connectivity index (χ4v) is 2.27. The Kier molecular flexibility index (Phi) is 5.88. The number of aliphatic hydroxyl groups excluding tert-OH is 1. The third-order valence-corrected chi connectivity index (χ3v) is 3.44. The first-order valence-electron chi connectivity index (χ1n) is 6.48. The van der Waals surface area contributed by atoms with Gasteiger partial charge in [0.1, 0.15) is 0 Å². The number of piperidine rings is 1. The Morgan fingerprint density at radius 2 is 1.83 bits per heavy atom. The summed E-state index contributed by atoms with van der Waals surface area (Å²) in [5.74, 6) is 0.322. The highest BCUT2D eigenvalue weighted by Crippen LogP contribution is 2.20. The first-order chi connectivity index (χ1) is 8.31. The van der Waals surface area contributed by atoms with Gasteiger partial charge >= 0.3 is 6.18 Å². The lowest BCUT2D eigenvalue weighted by atomic mass is 9.99. The zero-order valence-electron chi connectivity index (χ0n) is 11.0. The van der Waals surface area contributed by atoms with Crippen molar-refractivity contribution >= 4 is 0 Å². The first kappa shape index (κ1) is 15.7. The summed E-state index contributed by atoms with van der Waals surface area (Å²) in [5.41, 5.74) is 0. The standard InChI is InChI=1S/C12H23F3N2O/c1-9(2)11(7-18)16-10-3-5-17(6-4-10)8-12(13,14)15/h9-11,16,18H,3-8H2,1-2H3/t11-/m1/s1. The van der Waals surface area contributed by atoms with Crippen LogP contribution in [0, 0.1) is 5.92 Å².